The topological polar surface area (TPSA) is 37.4 Å². The summed E-state index contributed by atoms with van der Waals surface area (Å²) < 4.78 is 23.7. The highest BCUT2D eigenvalue weighted by molar-refractivity contribution is 7.91. The van der Waals surface area contributed by atoms with Gasteiger partial charge in [-0.25, -0.2) is 8.42 Å². The van der Waals surface area contributed by atoms with Gasteiger partial charge in [0.05, 0.1) is 11.5 Å². The second-order valence-electron chi connectivity index (χ2n) is 9.57. The average Bonchev–Trinajstić information content (AvgIpc) is 3.10. The summed E-state index contributed by atoms with van der Waals surface area (Å²) >= 11 is 0. The van der Waals surface area contributed by atoms with E-state index in [0.29, 0.717) is 17.4 Å². The predicted molar refractivity (Wildman–Crippen MR) is 109 cm³/mol. The summed E-state index contributed by atoms with van der Waals surface area (Å²) in [6, 6.07) is 9.16. The molecule has 146 valence electrons. The van der Waals surface area contributed by atoms with Crippen molar-refractivity contribution in [2.75, 3.05) is 31.1 Å². The Morgan fingerprint density at radius 3 is 2.46 bits per heavy atom. The lowest BCUT2D eigenvalue weighted by Gasteiger charge is -2.25. The molecule has 1 aromatic carbocycles. The van der Waals surface area contributed by atoms with Gasteiger partial charge < -0.3 is 4.90 Å². The third kappa shape index (κ3) is 4.51. The quantitative estimate of drug-likeness (QED) is 0.750. The molecule has 2 heterocycles. The van der Waals surface area contributed by atoms with Gasteiger partial charge in [0, 0.05) is 13.1 Å². The Balaban J connectivity index is 1.53. The molecule has 4 heteroatoms. The molecule has 0 N–H and O–H groups in total. The van der Waals surface area contributed by atoms with Crippen molar-refractivity contribution in [1.82, 2.24) is 4.90 Å². The first-order valence-electron chi connectivity index (χ1n) is 10.2. The van der Waals surface area contributed by atoms with E-state index in [4.69, 9.17) is 0 Å². The van der Waals surface area contributed by atoms with Crippen molar-refractivity contribution in [2.45, 2.75) is 58.8 Å². The van der Waals surface area contributed by atoms with Crippen LogP contribution in [0.4, 0.5) is 0 Å². The molecule has 1 aromatic rings. The smallest absolute Gasteiger partial charge is 0.150 e. The molecule has 0 bridgehead atoms. The van der Waals surface area contributed by atoms with Gasteiger partial charge in [0.1, 0.15) is 0 Å². The lowest BCUT2D eigenvalue weighted by atomic mass is 9.82. The van der Waals surface area contributed by atoms with Crippen LogP contribution in [-0.4, -0.2) is 44.5 Å². The monoisotopic (exact) mass is 377 g/mol. The summed E-state index contributed by atoms with van der Waals surface area (Å²) in [6.07, 6.45) is 4.17. The molecule has 0 aliphatic carbocycles. The predicted octanol–water partition coefficient (Wildman–Crippen LogP) is 4.06. The lowest BCUT2D eigenvalue weighted by Crippen LogP contribution is -2.31. The Kier molecular flexibility index (Phi) is 5.56. The number of likely N-dealkylation sites (tertiary alicyclic amines) is 1. The second kappa shape index (κ2) is 7.27. The van der Waals surface area contributed by atoms with Crippen molar-refractivity contribution in [2.24, 2.45) is 11.3 Å². The summed E-state index contributed by atoms with van der Waals surface area (Å²) in [5.41, 5.74) is 3.13. The van der Waals surface area contributed by atoms with Gasteiger partial charge in [-0.2, -0.15) is 0 Å². The maximum Gasteiger partial charge on any atom is 0.150 e. The largest absolute Gasteiger partial charge is 0.302 e. The van der Waals surface area contributed by atoms with E-state index in [9.17, 15) is 8.42 Å². The molecule has 3 rings (SSSR count). The molecule has 2 saturated heterocycles. The zero-order valence-electron chi connectivity index (χ0n) is 16.9. The van der Waals surface area contributed by atoms with Crippen LogP contribution in [-0.2, 0) is 21.7 Å². The van der Waals surface area contributed by atoms with Crippen molar-refractivity contribution >= 4 is 9.84 Å². The molecule has 2 aliphatic heterocycles. The van der Waals surface area contributed by atoms with Crippen LogP contribution in [0.1, 0.15) is 58.1 Å². The SMILES string of the molecule is CCC(C)(C)c1ccc(CC(C)CN2CCC3(CCS(=O)(=O)C3)C2)cc1. The van der Waals surface area contributed by atoms with Crippen molar-refractivity contribution in [1.29, 1.82) is 0 Å². The van der Waals surface area contributed by atoms with Gasteiger partial charge in [0.15, 0.2) is 9.84 Å². The van der Waals surface area contributed by atoms with Gasteiger partial charge in [0.2, 0.25) is 0 Å². The fourth-order valence-electron chi connectivity index (χ4n) is 4.69. The molecule has 0 amide bonds. The van der Waals surface area contributed by atoms with Gasteiger partial charge in [-0.05, 0) is 60.1 Å². The van der Waals surface area contributed by atoms with Gasteiger partial charge in [-0.15, -0.1) is 0 Å². The van der Waals surface area contributed by atoms with Crippen LogP contribution in [0, 0.1) is 11.3 Å². The Bertz CT molecular complexity index is 723. The maximum absolute atomic E-state index is 11.9. The number of sulfone groups is 1. The summed E-state index contributed by atoms with van der Waals surface area (Å²) in [5.74, 6) is 1.41. The molecule has 2 atom stereocenters. The molecule has 0 radical (unpaired) electrons. The Labute approximate surface area is 160 Å². The molecule has 2 fully saturated rings. The van der Waals surface area contributed by atoms with E-state index < -0.39 is 9.84 Å². The first-order valence-corrected chi connectivity index (χ1v) is 12.0. The standard InChI is InChI=1S/C22H35NO2S/c1-5-21(3,4)20-8-6-19(7-9-20)14-18(2)15-23-12-10-22(16-23)11-13-26(24,25)17-22/h6-9,18H,5,10-17H2,1-4H3. The highest BCUT2D eigenvalue weighted by Crippen LogP contribution is 2.41. The number of hydrogen-bond donors (Lipinski definition) is 0. The molecule has 3 nitrogen and oxygen atoms in total. The normalized spacial score (nSPS) is 27.2. The molecule has 0 aromatic heterocycles. The molecule has 2 aliphatic rings. The van der Waals surface area contributed by atoms with E-state index in [1.54, 1.807) is 0 Å². The van der Waals surface area contributed by atoms with Crippen LogP contribution < -0.4 is 0 Å². The number of benzene rings is 1. The molecular formula is C22H35NO2S. The van der Waals surface area contributed by atoms with E-state index >= 15 is 0 Å². The van der Waals surface area contributed by atoms with Crippen LogP contribution in [0.3, 0.4) is 0 Å². The van der Waals surface area contributed by atoms with Crippen molar-refractivity contribution in [3.8, 4) is 0 Å². The third-order valence-corrected chi connectivity index (χ3v) is 8.64. The molecule has 0 saturated carbocycles. The lowest BCUT2D eigenvalue weighted by molar-refractivity contribution is 0.249. The van der Waals surface area contributed by atoms with Crippen LogP contribution in [0.25, 0.3) is 0 Å². The Morgan fingerprint density at radius 2 is 1.88 bits per heavy atom. The fraction of sp³-hybridized carbons (Fsp3) is 0.727. The highest BCUT2D eigenvalue weighted by atomic mass is 32.2. The first kappa shape index (κ1) is 19.9. The molecular weight excluding hydrogens is 342 g/mol. The fourth-order valence-corrected chi connectivity index (χ4v) is 6.89. The van der Waals surface area contributed by atoms with Crippen LogP contribution in [0.2, 0.25) is 0 Å². The van der Waals surface area contributed by atoms with Crippen molar-refractivity contribution in [3.05, 3.63) is 35.4 Å². The van der Waals surface area contributed by atoms with Crippen LogP contribution >= 0.6 is 0 Å². The number of nitrogens with zero attached hydrogens (tertiary/aromatic N) is 1. The average molecular weight is 378 g/mol. The van der Waals surface area contributed by atoms with E-state index in [1.807, 2.05) is 0 Å². The molecule has 26 heavy (non-hydrogen) atoms. The minimum Gasteiger partial charge on any atom is -0.302 e. The zero-order valence-corrected chi connectivity index (χ0v) is 17.7. The highest BCUT2D eigenvalue weighted by Gasteiger charge is 2.46. The molecule has 2 unspecified atom stereocenters. The van der Waals surface area contributed by atoms with Gasteiger partial charge in [0.25, 0.3) is 0 Å². The van der Waals surface area contributed by atoms with Crippen LogP contribution in [0.15, 0.2) is 24.3 Å². The van der Waals surface area contributed by atoms with E-state index in [2.05, 4.69) is 56.9 Å². The second-order valence-corrected chi connectivity index (χ2v) is 11.8. The molecule has 1 spiro atoms. The van der Waals surface area contributed by atoms with E-state index in [1.165, 1.54) is 11.1 Å². The van der Waals surface area contributed by atoms with E-state index in [0.717, 1.165) is 45.3 Å². The summed E-state index contributed by atoms with van der Waals surface area (Å²) in [6.45, 7) is 12.3. The summed E-state index contributed by atoms with van der Waals surface area (Å²) in [7, 11) is -2.78. The van der Waals surface area contributed by atoms with E-state index in [-0.39, 0.29) is 10.8 Å². The van der Waals surface area contributed by atoms with Crippen LogP contribution in [0.5, 0.6) is 0 Å². The maximum atomic E-state index is 11.9. The van der Waals surface area contributed by atoms with Gasteiger partial charge in [-0.3, -0.25) is 0 Å². The number of hydrogen-bond acceptors (Lipinski definition) is 3. The third-order valence-electron chi connectivity index (χ3n) is 6.76. The van der Waals surface area contributed by atoms with Crippen molar-refractivity contribution in [3.63, 3.8) is 0 Å². The van der Waals surface area contributed by atoms with Gasteiger partial charge >= 0.3 is 0 Å². The minimum absolute atomic E-state index is 0.0614. The Hall–Kier alpha value is -0.870. The van der Waals surface area contributed by atoms with Gasteiger partial charge in [-0.1, -0.05) is 52.0 Å². The zero-order chi connectivity index (χ0) is 19.0. The first-order chi connectivity index (χ1) is 12.1. The Morgan fingerprint density at radius 1 is 1.19 bits per heavy atom. The summed E-state index contributed by atoms with van der Waals surface area (Å²) in [4.78, 5) is 2.50. The summed E-state index contributed by atoms with van der Waals surface area (Å²) in [5, 5.41) is 0. The van der Waals surface area contributed by atoms with Crippen molar-refractivity contribution < 1.29 is 8.42 Å². The minimum atomic E-state index is -2.78. The number of rotatable bonds is 6.